The first-order chi connectivity index (χ1) is 14.2. The fraction of sp³-hybridized carbons (Fsp3) is 0.524. The summed E-state index contributed by atoms with van der Waals surface area (Å²) in [5.74, 6) is -0.583. The Labute approximate surface area is 175 Å². The number of imide groups is 1. The molecule has 162 valence electrons. The van der Waals surface area contributed by atoms with Gasteiger partial charge in [0.1, 0.15) is 5.60 Å². The van der Waals surface area contributed by atoms with E-state index in [1.54, 1.807) is 34.1 Å². The van der Waals surface area contributed by atoms with E-state index in [4.69, 9.17) is 4.74 Å². The fourth-order valence-corrected chi connectivity index (χ4v) is 3.41. The number of ether oxygens (including phenoxy) is 1. The van der Waals surface area contributed by atoms with E-state index >= 15 is 0 Å². The molecule has 30 heavy (non-hydrogen) atoms. The summed E-state index contributed by atoms with van der Waals surface area (Å²) in [4.78, 5) is 53.5. The van der Waals surface area contributed by atoms with Crippen molar-refractivity contribution >= 4 is 23.9 Å². The molecule has 1 N–H and O–H groups in total. The Morgan fingerprint density at radius 2 is 1.50 bits per heavy atom. The molecule has 0 unspecified atom stereocenters. The summed E-state index contributed by atoms with van der Waals surface area (Å²) in [5, 5.41) is 2.81. The summed E-state index contributed by atoms with van der Waals surface area (Å²) in [6, 6.07) is 6.54. The smallest absolute Gasteiger partial charge is 0.410 e. The largest absolute Gasteiger partial charge is 0.444 e. The van der Waals surface area contributed by atoms with Crippen LogP contribution >= 0.6 is 0 Å². The number of hydrogen-bond donors (Lipinski definition) is 1. The van der Waals surface area contributed by atoms with Crippen LogP contribution in [-0.4, -0.2) is 83.5 Å². The van der Waals surface area contributed by atoms with Gasteiger partial charge in [-0.1, -0.05) is 12.1 Å². The van der Waals surface area contributed by atoms with E-state index in [9.17, 15) is 19.2 Å². The average molecular weight is 416 g/mol. The van der Waals surface area contributed by atoms with Gasteiger partial charge in [0.25, 0.3) is 11.8 Å². The minimum absolute atomic E-state index is 0.221. The van der Waals surface area contributed by atoms with Crippen molar-refractivity contribution in [3.05, 3.63) is 35.4 Å². The lowest BCUT2D eigenvalue weighted by atomic mass is 10.1. The first-order valence-electron chi connectivity index (χ1n) is 10.1. The summed E-state index contributed by atoms with van der Waals surface area (Å²) in [5.41, 5.74) is 0.300. The minimum atomic E-state index is -0.551. The van der Waals surface area contributed by atoms with Crippen molar-refractivity contribution in [2.24, 2.45) is 0 Å². The lowest BCUT2D eigenvalue weighted by Gasteiger charge is -2.35. The molecule has 1 aromatic carbocycles. The maximum atomic E-state index is 12.3. The Kier molecular flexibility index (Phi) is 6.28. The van der Waals surface area contributed by atoms with Crippen LogP contribution in [0.15, 0.2) is 24.3 Å². The van der Waals surface area contributed by atoms with E-state index in [0.717, 1.165) is 0 Å². The molecular weight excluding hydrogens is 388 g/mol. The van der Waals surface area contributed by atoms with E-state index in [1.807, 2.05) is 20.8 Å². The topological polar surface area (TPSA) is 99.3 Å². The summed E-state index contributed by atoms with van der Waals surface area (Å²) in [6.07, 6.45) is 0.0956. The van der Waals surface area contributed by atoms with Gasteiger partial charge in [-0.3, -0.25) is 14.5 Å². The van der Waals surface area contributed by atoms with Gasteiger partial charge < -0.3 is 19.9 Å². The molecule has 0 saturated carbocycles. The minimum Gasteiger partial charge on any atom is -0.444 e. The van der Waals surface area contributed by atoms with Crippen molar-refractivity contribution in [3.63, 3.8) is 0 Å². The average Bonchev–Trinajstić information content (AvgIpc) is 2.95. The van der Waals surface area contributed by atoms with Crippen LogP contribution < -0.4 is 5.32 Å². The Morgan fingerprint density at radius 1 is 0.967 bits per heavy atom. The molecule has 9 heteroatoms. The Bertz CT molecular complexity index is 805. The zero-order valence-corrected chi connectivity index (χ0v) is 17.6. The molecule has 3 rings (SSSR count). The third-order valence-electron chi connectivity index (χ3n) is 4.93. The van der Waals surface area contributed by atoms with Crippen LogP contribution in [0.2, 0.25) is 0 Å². The van der Waals surface area contributed by atoms with E-state index in [1.165, 1.54) is 4.90 Å². The van der Waals surface area contributed by atoms with Crippen LogP contribution in [0, 0.1) is 0 Å². The Morgan fingerprint density at radius 3 is 2.03 bits per heavy atom. The molecule has 2 aliphatic rings. The highest BCUT2D eigenvalue weighted by atomic mass is 16.6. The summed E-state index contributed by atoms with van der Waals surface area (Å²) in [7, 11) is 0. The summed E-state index contributed by atoms with van der Waals surface area (Å²) >= 11 is 0. The van der Waals surface area contributed by atoms with Gasteiger partial charge in [-0.2, -0.15) is 0 Å². The van der Waals surface area contributed by atoms with Crippen molar-refractivity contribution in [3.8, 4) is 0 Å². The maximum Gasteiger partial charge on any atom is 0.410 e. The van der Waals surface area contributed by atoms with Gasteiger partial charge in [-0.25, -0.2) is 9.59 Å². The molecule has 1 saturated heterocycles. The van der Waals surface area contributed by atoms with Crippen molar-refractivity contribution in [2.45, 2.75) is 32.8 Å². The van der Waals surface area contributed by atoms with Crippen LogP contribution in [-0.2, 0) is 4.74 Å². The number of benzene rings is 1. The van der Waals surface area contributed by atoms with Gasteiger partial charge in [0.05, 0.1) is 11.1 Å². The molecule has 1 aromatic rings. The predicted octanol–water partition coefficient (Wildman–Crippen LogP) is 1.93. The van der Waals surface area contributed by atoms with Crippen molar-refractivity contribution < 1.29 is 23.9 Å². The number of rotatable bonds is 4. The lowest BCUT2D eigenvalue weighted by molar-refractivity contribution is 0.0169. The van der Waals surface area contributed by atoms with Crippen LogP contribution in [0.25, 0.3) is 0 Å². The molecule has 2 heterocycles. The molecular formula is C21H28N4O5. The summed E-state index contributed by atoms with van der Waals surface area (Å²) in [6.45, 7) is 7.71. The molecule has 0 atom stereocenters. The van der Waals surface area contributed by atoms with Gasteiger partial charge >= 0.3 is 12.1 Å². The second kappa shape index (κ2) is 8.73. The molecule has 0 spiro atoms. The van der Waals surface area contributed by atoms with E-state index in [0.29, 0.717) is 50.3 Å². The Balaban J connectivity index is 1.38. The van der Waals surface area contributed by atoms with Gasteiger partial charge in [0, 0.05) is 39.3 Å². The van der Waals surface area contributed by atoms with E-state index in [-0.39, 0.29) is 30.5 Å². The first kappa shape index (κ1) is 21.6. The highest BCUT2D eigenvalue weighted by Crippen LogP contribution is 2.22. The fourth-order valence-electron chi connectivity index (χ4n) is 3.41. The zero-order valence-electron chi connectivity index (χ0n) is 17.6. The Hall–Kier alpha value is -3.10. The number of hydrogen-bond acceptors (Lipinski definition) is 5. The molecule has 5 amide bonds. The number of carbonyl (C=O) groups excluding carboxylic acids is 4. The number of piperazine rings is 1. The number of carbonyl (C=O) groups is 4. The number of nitrogens with zero attached hydrogens (tertiary/aromatic N) is 3. The third-order valence-corrected chi connectivity index (χ3v) is 4.93. The van der Waals surface area contributed by atoms with Gasteiger partial charge in [-0.15, -0.1) is 0 Å². The summed E-state index contributed by atoms with van der Waals surface area (Å²) < 4.78 is 5.35. The standard InChI is InChI=1S/C21H28N4O5/c1-21(2,3)30-20(29)24-13-11-23(12-14-24)19(28)22-9-6-10-25-17(26)15-7-4-5-8-16(15)18(25)27/h4-5,7-8H,6,9-14H2,1-3H3,(H,22,28). The monoisotopic (exact) mass is 416 g/mol. The molecule has 0 bridgehead atoms. The zero-order chi connectivity index (χ0) is 21.9. The van der Waals surface area contributed by atoms with Crippen LogP contribution in [0.4, 0.5) is 9.59 Å². The molecule has 2 aliphatic heterocycles. The first-order valence-corrected chi connectivity index (χ1v) is 10.1. The molecule has 9 nitrogen and oxygen atoms in total. The van der Waals surface area contributed by atoms with Crippen molar-refractivity contribution in [2.75, 3.05) is 39.3 Å². The van der Waals surface area contributed by atoms with Crippen LogP contribution in [0.1, 0.15) is 47.9 Å². The number of nitrogens with one attached hydrogen (secondary N) is 1. The normalized spacial score (nSPS) is 16.6. The van der Waals surface area contributed by atoms with Gasteiger partial charge in [0.15, 0.2) is 0 Å². The van der Waals surface area contributed by atoms with Crippen LogP contribution in [0.3, 0.4) is 0 Å². The molecule has 0 aliphatic carbocycles. The van der Waals surface area contributed by atoms with Gasteiger partial charge in [0.2, 0.25) is 0 Å². The molecule has 0 aromatic heterocycles. The lowest BCUT2D eigenvalue weighted by Crippen LogP contribution is -2.54. The molecule has 0 radical (unpaired) electrons. The number of fused-ring (bicyclic) bond motifs is 1. The highest BCUT2D eigenvalue weighted by Gasteiger charge is 2.34. The SMILES string of the molecule is CC(C)(C)OC(=O)N1CCN(C(=O)NCCCN2C(=O)c3ccccc3C2=O)CC1. The highest BCUT2D eigenvalue weighted by molar-refractivity contribution is 6.21. The maximum absolute atomic E-state index is 12.3. The van der Waals surface area contributed by atoms with E-state index in [2.05, 4.69) is 5.32 Å². The van der Waals surface area contributed by atoms with Crippen LogP contribution in [0.5, 0.6) is 0 Å². The quantitative estimate of drug-likeness (QED) is 0.597. The molecule has 1 fully saturated rings. The van der Waals surface area contributed by atoms with E-state index < -0.39 is 5.60 Å². The second-order valence-corrected chi connectivity index (χ2v) is 8.35. The number of urea groups is 1. The second-order valence-electron chi connectivity index (χ2n) is 8.35. The van der Waals surface area contributed by atoms with Crippen molar-refractivity contribution in [1.29, 1.82) is 0 Å². The predicted molar refractivity (Wildman–Crippen MR) is 109 cm³/mol. The van der Waals surface area contributed by atoms with Crippen molar-refractivity contribution in [1.82, 2.24) is 20.0 Å². The number of amides is 5. The third kappa shape index (κ3) is 4.90. The van der Waals surface area contributed by atoms with Gasteiger partial charge in [-0.05, 0) is 39.3 Å².